The largest absolute Gasteiger partial charge is 0.399 e. The molecular weight excluding hydrogens is 210 g/mol. The van der Waals surface area contributed by atoms with Crippen LogP contribution in [-0.2, 0) is 0 Å². The van der Waals surface area contributed by atoms with E-state index in [9.17, 15) is 0 Å². The Balaban J connectivity index is 1.77. The number of fused-ring (bicyclic) bond motifs is 3. The van der Waals surface area contributed by atoms with Crippen molar-refractivity contribution in [3.8, 4) is 0 Å². The number of hydrogen-bond donors (Lipinski definition) is 1. The van der Waals surface area contributed by atoms with Crippen LogP contribution < -0.4 is 10.6 Å². The van der Waals surface area contributed by atoms with Crippen LogP contribution in [0.4, 0.5) is 11.4 Å². The molecule has 1 aromatic carbocycles. The number of rotatable bonds is 2. The lowest BCUT2D eigenvalue weighted by atomic mass is 9.83. The number of hydrogen-bond acceptors (Lipinski definition) is 3. The molecule has 0 spiro atoms. The van der Waals surface area contributed by atoms with Crippen LogP contribution >= 0.6 is 0 Å². The van der Waals surface area contributed by atoms with Crippen molar-refractivity contribution in [3.05, 3.63) is 24.3 Å². The molecule has 3 aliphatic rings. The molecule has 0 unspecified atom stereocenters. The zero-order valence-electron chi connectivity index (χ0n) is 10.5. The highest BCUT2D eigenvalue weighted by Crippen LogP contribution is 2.32. The third-order valence-electron chi connectivity index (χ3n) is 4.42. The second-order valence-electron chi connectivity index (χ2n) is 5.41. The molecule has 4 rings (SSSR count). The Kier molecular flexibility index (Phi) is 2.71. The zero-order chi connectivity index (χ0) is 11.8. The molecule has 3 heterocycles. The highest BCUT2D eigenvalue weighted by molar-refractivity contribution is 5.53. The van der Waals surface area contributed by atoms with Crippen molar-refractivity contribution < 1.29 is 0 Å². The van der Waals surface area contributed by atoms with Crippen molar-refractivity contribution in [2.45, 2.75) is 18.9 Å². The maximum Gasteiger partial charge on any atom is 0.0442 e. The van der Waals surface area contributed by atoms with Crippen LogP contribution in [0.15, 0.2) is 24.3 Å². The first-order valence-electron chi connectivity index (χ1n) is 6.55. The van der Waals surface area contributed by atoms with E-state index in [2.05, 4.69) is 29.0 Å². The van der Waals surface area contributed by atoms with Gasteiger partial charge in [-0.1, -0.05) is 0 Å². The molecule has 0 aliphatic carbocycles. The summed E-state index contributed by atoms with van der Waals surface area (Å²) in [4.78, 5) is 5.04. The lowest BCUT2D eigenvalue weighted by Crippen LogP contribution is -2.56. The van der Waals surface area contributed by atoms with E-state index in [1.807, 2.05) is 12.1 Å². The van der Waals surface area contributed by atoms with Crippen molar-refractivity contribution in [1.82, 2.24) is 4.90 Å². The van der Waals surface area contributed by atoms with E-state index in [-0.39, 0.29) is 0 Å². The standard InChI is InChI=1S/C14H21N3/c1-16(13-4-2-12(15)3-5-13)14-10-17-8-6-11(14)7-9-17/h2-5,11,14H,6-10,15H2,1H3/t14-/m1/s1. The first-order chi connectivity index (χ1) is 8.24. The fourth-order valence-corrected chi connectivity index (χ4v) is 3.27. The number of likely N-dealkylation sites (N-methyl/N-ethyl adjacent to an activating group) is 1. The van der Waals surface area contributed by atoms with Gasteiger partial charge in [0.15, 0.2) is 0 Å². The lowest BCUT2D eigenvalue weighted by Gasteiger charge is -2.48. The van der Waals surface area contributed by atoms with Gasteiger partial charge in [0.1, 0.15) is 0 Å². The van der Waals surface area contributed by atoms with E-state index >= 15 is 0 Å². The molecule has 92 valence electrons. The van der Waals surface area contributed by atoms with Gasteiger partial charge >= 0.3 is 0 Å². The quantitative estimate of drug-likeness (QED) is 0.788. The average Bonchev–Trinajstić information content (AvgIpc) is 2.40. The van der Waals surface area contributed by atoms with E-state index in [1.165, 1.54) is 38.2 Å². The summed E-state index contributed by atoms with van der Waals surface area (Å²) < 4.78 is 0. The van der Waals surface area contributed by atoms with Crippen LogP contribution in [0.2, 0.25) is 0 Å². The highest BCUT2D eigenvalue weighted by atomic mass is 15.2. The molecule has 2 N–H and O–H groups in total. The fourth-order valence-electron chi connectivity index (χ4n) is 3.27. The van der Waals surface area contributed by atoms with E-state index < -0.39 is 0 Å². The third kappa shape index (κ3) is 2.00. The van der Waals surface area contributed by atoms with Crippen LogP contribution in [0.5, 0.6) is 0 Å². The predicted octanol–water partition coefficient (Wildman–Crippen LogP) is 1.80. The zero-order valence-corrected chi connectivity index (χ0v) is 10.5. The Morgan fingerprint density at radius 1 is 1.18 bits per heavy atom. The van der Waals surface area contributed by atoms with Gasteiger partial charge in [-0.05, 0) is 56.1 Å². The second kappa shape index (κ2) is 4.22. The van der Waals surface area contributed by atoms with E-state index in [1.54, 1.807) is 0 Å². The van der Waals surface area contributed by atoms with Crippen LogP contribution in [0.1, 0.15) is 12.8 Å². The third-order valence-corrected chi connectivity index (χ3v) is 4.42. The highest BCUT2D eigenvalue weighted by Gasteiger charge is 2.36. The van der Waals surface area contributed by atoms with Crippen molar-refractivity contribution in [1.29, 1.82) is 0 Å². The van der Waals surface area contributed by atoms with Crippen LogP contribution in [0, 0.1) is 5.92 Å². The molecule has 1 aromatic rings. The van der Waals surface area contributed by atoms with Gasteiger partial charge in [-0.25, -0.2) is 0 Å². The summed E-state index contributed by atoms with van der Waals surface area (Å²) in [5.41, 5.74) is 7.87. The minimum Gasteiger partial charge on any atom is -0.399 e. The van der Waals surface area contributed by atoms with Gasteiger partial charge in [-0.3, -0.25) is 0 Å². The molecule has 1 atom stereocenters. The molecule has 3 aliphatic heterocycles. The van der Waals surface area contributed by atoms with Crippen LogP contribution in [0.25, 0.3) is 0 Å². The Labute approximate surface area is 103 Å². The fraction of sp³-hybridized carbons (Fsp3) is 0.571. The molecule has 17 heavy (non-hydrogen) atoms. The monoisotopic (exact) mass is 231 g/mol. The Morgan fingerprint density at radius 2 is 1.82 bits per heavy atom. The number of nitrogens with zero attached hydrogens (tertiary/aromatic N) is 2. The van der Waals surface area contributed by atoms with Crippen molar-refractivity contribution in [2.75, 3.05) is 37.3 Å². The molecule has 0 amide bonds. The van der Waals surface area contributed by atoms with Gasteiger partial charge in [0, 0.05) is 31.0 Å². The lowest BCUT2D eigenvalue weighted by molar-refractivity contribution is 0.0874. The van der Waals surface area contributed by atoms with Crippen LogP contribution in [-0.4, -0.2) is 37.6 Å². The van der Waals surface area contributed by atoms with Gasteiger partial charge in [-0.15, -0.1) is 0 Å². The second-order valence-corrected chi connectivity index (χ2v) is 5.41. The molecular formula is C14H21N3. The number of piperidine rings is 3. The van der Waals surface area contributed by atoms with Gasteiger partial charge in [0.05, 0.1) is 0 Å². The van der Waals surface area contributed by atoms with Gasteiger partial charge in [0.2, 0.25) is 0 Å². The van der Waals surface area contributed by atoms with Crippen molar-refractivity contribution >= 4 is 11.4 Å². The number of nitrogens with two attached hydrogens (primary N) is 1. The minimum atomic E-state index is 0.682. The summed E-state index contributed by atoms with van der Waals surface area (Å²) in [5, 5.41) is 0. The average molecular weight is 231 g/mol. The predicted molar refractivity (Wildman–Crippen MR) is 72.2 cm³/mol. The Morgan fingerprint density at radius 3 is 2.35 bits per heavy atom. The summed E-state index contributed by atoms with van der Waals surface area (Å²) in [6.45, 7) is 3.83. The molecule has 3 heteroatoms. The number of nitrogen functional groups attached to an aromatic ring is 1. The molecule has 0 saturated carbocycles. The van der Waals surface area contributed by atoms with E-state index in [4.69, 9.17) is 5.73 Å². The van der Waals surface area contributed by atoms with Crippen molar-refractivity contribution in [3.63, 3.8) is 0 Å². The molecule has 0 aromatic heterocycles. The Hall–Kier alpha value is -1.22. The van der Waals surface area contributed by atoms with Crippen molar-refractivity contribution in [2.24, 2.45) is 5.92 Å². The molecule has 3 nitrogen and oxygen atoms in total. The normalized spacial score (nSPS) is 31.5. The minimum absolute atomic E-state index is 0.682. The molecule has 2 bridgehead atoms. The first-order valence-corrected chi connectivity index (χ1v) is 6.55. The number of anilines is 2. The molecule has 3 fully saturated rings. The first kappa shape index (κ1) is 10.9. The Bertz CT molecular complexity index is 379. The van der Waals surface area contributed by atoms with Crippen LogP contribution in [0.3, 0.4) is 0 Å². The summed E-state index contributed by atoms with van der Waals surface area (Å²) in [6.07, 6.45) is 2.73. The van der Waals surface area contributed by atoms with E-state index in [0.29, 0.717) is 6.04 Å². The smallest absolute Gasteiger partial charge is 0.0442 e. The SMILES string of the molecule is CN(c1ccc(N)cc1)[C@@H]1CN2CCC1CC2. The molecule has 0 radical (unpaired) electrons. The summed E-state index contributed by atoms with van der Waals surface area (Å²) in [6, 6.07) is 8.93. The van der Waals surface area contributed by atoms with Gasteiger partial charge in [0.25, 0.3) is 0 Å². The maximum atomic E-state index is 5.74. The summed E-state index contributed by atoms with van der Waals surface area (Å²) in [5.74, 6) is 0.877. The summed E-state index contributed by atoms with van der Waals surface area (Å²) in [7, 11) is 2.22. The topological polar surface area (TPSA) is 32.5 Å². The van der Waals surface area contributed by atoms with Gasteiger partial charge < -0.3 is 15.5 Å². The van der Waals surface area contributed by atoms with Gasteiger partial charge in [-0.2, -0.15) is 0 Å². The summed E-state index contributed by atoms with van der Waals surface area (Å²) >= 11 is 0. The van der Waals surface area contributed by atoms with E-state index in [0.717, 1.165) is 11.6 Å². The number of benzene rings is 1. The maximum absolute atomic E-state index is 5.74. The molecule has 3 saturated heterocycles.